The molecule has 9 heteroatoms. The van der Waals surface area contributed by atoms with Gasteiger partial charge in [0.2, 0.25) is 11.8 Å². The summed E-state index contributed by atoms with van der Waals surface area (Å²) in [5.41, 5.74) is 3.61. The minimum Gasteiger partial charge on any atom is -0.468 e. The van der Waals surface area contributed by atoms with Crippen LogP contribution in [-0.2, 0) is 19.7 Å². The number of rotatable bonds is 2. The quantitative estimate of drug-likeness (QED) is 0.480. The molecule has 5 rings (SSSR count). The molecule has 2 aliphatic heterocycles. The highest BCUT2D eigenvalue weighted by Gasteiger charge is 2.62. The summed E-state index contributed by atoms with van der Waals surface area (Å²) in [4.78, 5) is 40.8. The third kappa shape index (κ3) is 2.29. The lowest BCUT2D eigenvalue weighted by Crippen LogP contribution is -2.48. The number of carbonyl (C=O) groups is 2. The van der Waals surface area contributed by atoms with Crippen LogP contribution in [0, 0.1) is 11.3 Å². The second kappa shape index (κ2) is 6.72. The summed E-state index contributed by atoms with van der Waals surface area (Å²) < 4.78 is 15.9. The van der Waals surface area contributed by atoms with Gasteiger partial charge in [0.05, 0.1) is 18.4 Å². The van der Waals surface area contributed by atoms with E-state index in [2.05, 4.69) is 0 Å². The summed E-state index contributed by atoms with van der Waals surface area (Å²) in [5, 5.41) is 10.4. The number of methoxy groups -OCH3 is 1. The maximum Gasteiger partial charge on any atom is 0.343 e. The Morgan fingerprint density at radius 3 is 2.66 bits per heavy atom. The monoisotopic (exact) mass is 429 g/mol. The smallest absolute Gasteiger partial charge is 0.343 e. The van der Waals surface area contributed by atoms with E-state index < -0.39 is 29.5 Å². The molecule has 2 aromatic carbocycles. The SMILES string of the molecule is COC(=O)CN1C(=O)[C@]2(C(C#N)=C(N)Oc3ccccc32)c2c1c1ccccc1oc2=O. The molecular weight excluding hydrogens is 414 g/mol. The van der Waals surface area contributed by atoms with Crippen LogP contribution in [0.2, 0.25) is 0 Å². The number of fused-ring (bicyclic) bond motifs is 6. The van der Waals surface area contributed by atoms with Gasteiger partial charge in [0.15, 0.2) is 5.41 Å². The minimum absolute atomic E-state index is 0.0969. The van der Waals surface area contributed by atoms with Gasteiger partial charge in [-0.1, -0.05) is 30.3 Å². The largest absolute Gasteiger partial charge is 0.468 e. The molecule has 0 saturated carbocycles. The van der Waals surface area contributed by atoms with Crippen LogP contribution in [0.5, 0.6) is 5.75 Å². The lowest BCUT2D eigenvalue weighted by molar-refractivity contribution is -0.140. The first kappa shape index (κ1) is 19.4. The Kier molecular flexibility index (Phi) is 4.07. The van der Waals surface area contributed by atoms with Crippen LogP contribution in [0.1, 0.15) is 11.1 Å². The van der Waals surface area contributed by atoms with E-state index in [1.54, 1.807) is 48.5 Å². The summed E-state index contributed by atoms with van der Waals surface area (Å²) in [6, 6.07) is 15.1. The van der Waals surface area contributed by atoms with Crippen molar-refractivity contribution in [3.8, 4) is 11.8 Å². The van der Waals surface area contributed by atoms with E-state index in [4.69, 9.17) is 19.6 Å². The van der Waals surface area contributed by atoms with Gasteiger partial charge in [0.25, 0.3) is 0 Å². The van der Waals surface area contributed by atoms with E-state index in [1.165, 1.54) is 7.11 Å². The number of esters is 1. The van der Waals surface area contributed by atoms with Gasteiger partial charge < -0.3 is 19.6 Å². The fraction of sp³-hybridized carbons (Fsp3) is 0.130. The molecular formula is C23H15N3O6. The third-order valence-electron chi connectivity index (χ3n) is 5.76. The fourth-order valence-electron chi connectivity index (χ4n) is 4.48. The Bertz CT molecular complexity index is 1460. The average molecular weight is 429 g/mol. The average Bonchev–Trinajstić information content (AvgIpc) is 3.04. The number of hydrogen-bond donors (Lipinski definition) is 1. The summed E-state index contributed by atoms with van der Waals surface area (Å²) >= 11 is 0. The number of hydrogen-bond acceptors (Lipinski definition) is 8. The zero-order valence-electron chi connectivity index (χ0n) is 16.7. The molecule has 0 saturated heterocycles. The predicted octanol–water partition coefficient (Wildman–Crippen LogP) is 1.68. The van der Waals surface area contributed by atoms with Crippen molar-refractivity contribution in [2.45, 2.75) is 5.41 Å². The highest BCUT2D eigenvalue weighted by atomic mass is 16.5. The lowest BCUT2D eigenvalue weighted by Gasteiger charge is -2.33. The molecule has 0 aliphatic carbocycles. The van der Waals surface area contributed by atoms with Crippen LogP contribution < -0.4 is 21.0 Å². The first-order chi connectivity index (χ1) is 15.4. The number of para-hydroxylation sites is 2. The topological polar surface area (TPSA) is 136 Å². The highest BCUT2D eigenvalue weighted by Crippen LogP contribution is 2.55. The van der Waals surface area contributed by atoms with Gasteiger partial charge in [-0.15, -0.1) is 0 Å². The molecule has 0 bridgehead atoms. The van der Waals surface area contributed by atoms with Crippen molar-refractivity contribution in [2.24, 2.45) is 5.73 Å². The van der Waals surface area contributed by atoms with Gasteiger partial charge in [0, 0.05) is 10.9 Å². The minimum atomic E-state index is -1.93. The van der Waals surface area contributed by atoms with Crippen molar-refractivity contribution in [1.29, 1.82) is 5.26 Å². The molecule has 9 nitrogen and oxygen atoms in total. The van der Waals surface area contributed by atoms with Gasteiger partial charge in [-0.25, -0.2) is 4.79 Å². The lowest BCUT2D eigenvalue weighted by atomic mass is 9.69. The molecule has 3 heterocycles. The number of amides is 1. The first-order valence-corrected chi connectivity index (χ1v) is 9.58. The van der Waals surface area contributed by atoms with Crippen molar-refractivity contribution in [2.75, 3.05) is 18.6 Å². The number of nitriles is 1. The van der Waals surface area contributed by atoms with Crippen LogP contribution in [-0.4, -0.2) is 25.5 Å². The molecule has 32 heavy (non-hydrogen) atoms. The zero-order chi connectivity index (χ0) is 22.6. The standard InChI is InChI=1S/C23H15N3O6/c1-30-17(27)11-26-19-12-6-2-4-8-15(12)32-21(28)18(19)23(22(26)29)13-7-3-5-9-16(13)31-20(25)14(23)10-24/h2-9H,11,25H2,1H3/t23-/m1/s1. The second-order valence-corrected chi connectivity index (χ2v) is 7.28. The highest BCUT2D eigenvalue weighted by molar-refractivity contribution is 6.19. The number of nitrogens with zero attached hydrogens (tertiary/aromatic N) is 2. The van der Waals surface area contributed by atoms with Crippen LogP contribution in [0.3, 0.4) is 0 Å². The van der Waals surface area contributed by atoms with Crippen molar-refractivity contribution < 1.29 is 23.5 Å². The van der Waals surface area contributed by atoms with E-state index in [0.29, 0.717) is 5.39 Å². The Labute approximate surface area is 180 Å². The number of ether oxygens (including phenoxy) is 2. The molecule has 1 aromatic heterocycles. The number of carbonyl (C=O) groups excluding carboxylic acids is 2. The van der Waals surface area contributed by atoms with Crippen molar-refractivity contribution in [3.05, 3.63) is 81.5 Å². The molecule has 2 aliphatic rings. The molecule has 1 amide bonds. The van der Waals surface area contributed by atoms with Gasteiger partial charge in [0.1, 0.15) is 29.5 Å². The van der Waals surface area contributed by atoms with Gasteiger partial charge in [-0.2, -0.15) is 5.26 Å². The normalized spacial score (nSPS) is 18.9. The molecule has 0 unspecified atom stereocenters. The van der Waals surface area contributed by atoms with E-state index in [9.17, 15) is 19.6 Å². The van der Waals surface area contributed by atoms with Crippen LogP contribution >= 0.6 is 0 Å². The van der Waals surface area contributed by atoms with E-state index >= 15 is 0 Å². The van der Waals surface area contributed by atoms with Crippen LogP contribution in [0.25, 0.3) is 11.0 Å². The van der Waals surface area contributed by atoms with Crippen molar-refractivity contribution in [1.82, 2.24) is 0 Å². The summed E-state index contributed by atoms with van der Waals surface area (Å²) in [6.45, 7) is -0.473. The maximum absolute atomic E-state index is 14.1. The summed E-state index contributed by atoms with van der Waals surface area (Å²) in [7, 11) is 1.19. The third-order valence-corrected chi connectivity index (χ3v) is 5.76. The molecule has 2 N–H and O–H groups in total. The number of benzene rings is 2. The Balaban J connectivity index is 1.99. The summed E-state index contributed by atoms with van der Waals surface area (Å²) in [5.74, 6) is -1.49. The zero-order valence-corrected chi connectivity index (χ0v) is 16.7. The molecule has 1 atom stereocenters. The van der Waals surface area contributed by atoms with Gasteiger partial charge in [-0.3, -0.25) is 14.5 Å². The Morgan fingerprint density at radius 2 is 1.91 bits per heavy atom. The van der Waals surface area contributed by atoms with Crippen LogP contribution in [0.4, 0.5) is 5.69 Å². The van der Waals surface area contributed by atoms with Crippen molar-refractivity contribution >= 4 is 28.5 Å². The van der Waals surface area contributed by atoms with E-state index in [1.807, 2.05) is 6.07 Å². The molecule has 1 spiro atoms. The van der Waals surface area contributed by atoms with E-state index in [-0.39, 0.29) is 39.6 Å². The molecule has 0 fully saturated rings. The molecule has 3 aromatic rings. The first-order valence-electron chi connectivity index (χ1n) is 9.58. The summed E-state index contributed by atoms with van der Waals surface area (Å²) in [6.07, 6.45) is 0. The Morgan fingerprint density at radius 1 is 1.19 bits per heavy atom. The Hall–Kier alpha value is -4.58. The van der Waals surface area contributed by atoms with Crippen molar-refractivity contribution in [3.63, 3.8) is 0 Å². The van der Waals surface area contributed by atoms with Crippen LogP contribution in [0.15, 0.2) is 69.2 Å². The maximum atomic E-state index is 14.1. The molecule has 0 radical (unpaired) electrons. The number of anilines is 1. The van der Waals surface area contributed by atoms with Gasteiger partial charge in [-0.05, 0) is 18.2 Å². The fourth-order valence-corrected chi connectivity index (χ4v) is 4.48. The number of nitrogens with two attached hydrogens (primary N) is 1. The predicted molar refractivity (Wildman–Crippen MR) is 112 cm³/mol. The second-order valence-electron chi connectivity index (χ2n) is 7.28. The van der Waals surface area contributed by atoms with Gasteiger partial charge >= 0.3 is 11.6 Å². The molecule has 158 valence electrons. The van der Waals surface area contributed by atoms with E-state index in [0.717, 1.165) is 4.90 Å².